The molecule has 0 unspecified atom stereocenters. The largest absolute Gasteiger partial charge is 0.309 e. The third-order valence-electron chi connectivity index (χ3n) is 4.25. The molecule has 0 saturated carbocycles. The Balaban J connectivity index is 1.73. The summed E-state index contributed by atoms with van der Waals surface area (Å²) in [5.41, 5.74) is 5.73. The second-order valence-corrected chi connectivity index (χ2v) is 6.19. The molecule has 1 aliphatic heterocycles. The molecule has 0 bridgehead atoms. The van der Waals surface area contributed by atoms with Gasteiger partial charge in [0.2, 0.25) is 0 Å². The van der Waals surface area contributed by atoms with E-state index in [4.69, 9.17) is 0 Å². The van der Waals surface area contributed by atoms with Crippen molar-refractivity contribution >= 4 is 0 Å². The fourth-order valence-electron chi connectivity index (χ4n) is 2.92. The summed E-state index contributed by atoms with van der Waals surface area (Å²) in [5, 5.41) is 3.42. The van der Waals surface area contributed by atoms with Gasteiger partial charge in [0, 0.05) is 32.2 Å². The van der Waals surface area contributed by atoms with Crippen molar-refractivity contribution in [2.75, 3.05) is 0 Å². The molecular formula is C19H24N2. The molecule has 3 rings (SSSR count). The van der Waals surface area contributed by atoms with Crippen LogP contribution >= 0.6 is 0 Å². The molecule has 2 aromatic carbocycles. The van der Waals surface area contributed by atoms with Gasteiger partial charge in [0.05, 0.1) is 0 Å². The van der Waals surface area contributed by atoms with E-state index in [0.29, 0.717) is 6.04 Å². The molecule has 2 nitrogen and oxygen atoms in total. The molecule has 0 spiro atoms. The third-order valence-corrected chi connectivity index (χ3v) is 4.25. The molecule has 2 aromatic rings. The smallest absolute Gasteiger partial charge is 0.0240 e. The Morgan fingerprint density at radius 2 is 1.62 bits per heavy atom. The zero-order chi connectivity index (χ0) is 14.7. The molecule has 21 heavy (non-hydrogen) atoms. The SMILES string of the molecule is CC(C)N(Cc1ccccc1)Cc1ccc2c(c1)CNC2. The van der Waals surface area contributed by atoms with Crippen LogP contribution in [0.5, 0.6) is 0 Å². The molecule has 1 heterocycles. The van der Waals surface area contributed by atoms with Crippen LogP contribution in [0.2, 0.25) is 0 Å². The van der Waals surface area contributed by atoms with Gasteiger partial charge in [0.15, 0.2) is 0 Å². The Morgan fingerprint density at radius 1 is 0.905 bits per heavy atom. The third kappa shape index (κ3) is 3.52. The Labute approximate surface area is 127 Å². The standard InChI is InChI=1S/C19H24N2/c1-15(2)21(13-16-6-4-3-5-7-16)14-17-8-9-18-11-20-12-19(18)10-17/h3-10,15,20H,11-14H2,1-2H3. The maximum atomic E-state index is 3.42. The van der Waals surface area contributed by atoms with Crippen molar-refractivity contribution < 1.29 is 0 Å². The van der Waals surface area contributed by atoms with Crippen molar-refractivity contribution in [3.8, 4) is 0 Å². The van der Waals surface area contributed by atoms with Crippen LogP contribution in [0.1, 0.15) is 36.1 Å². The van der Waals surface area contributed by atoms with E-state index < -0.39 is 0 Å². The van der Waals surface area contributed by atoms with Gasteiger partial charge in [0.25, 0.3) is 0 Å². The minimum atomic E-state index is 0.539. The number of nitrogens with one attached hydrogen (secondary N) is 1. The summed E-state index contributed by atoms with van der Waals surface area (Å²) in [7, 11) is 0. The normalized spacial score (nSPS) is 13.9. The fraction of sp³-hybridized carbons (Fsp3) is 0.368. The molecule has 110 valence electrons. The van der Waals surface area contributed by atoms with Crippen LogP contribution in [0, 0.1) is 0 Å². The van der Waals surface area contributed by atoms with Crippen LogP contribution in [-0.2, 0) is 26.2 Å². The van der Waals surface area contributed by atoms with Crippen molar-refractivity contribution in [1.29, 1.82) is 0 Å². The average Bonchev–Trinajstić information content (AvgIpc) is 2.95. The van der Waals surface area contributed by atoms with Gasteiger partial charge in [-0.15, -0.1) is 0 Å². The van der Waals surface area contributed by atoms with Gasteiger partial charge >= 0.3 is 0 Å². The van der Waals surface area contributed by atoms with E-state index in [2.05, 4.69) is 72.6 Å². The average molecular weight is 280 g/mol. The maximum absolute atomic E-state index is 3.42. The van der Waals surface area contributed by atoms with Crippen molar-refractivity contribution in [3.05, 3.63) is 70.8 Å². The van der Waals surface area contributed by atoms with Gasteiger partial charge in [-0.1, -0.05) is 48.5 Å². The van der Waals surface area contributed by atoms with E-state index in [1.165, 1.54) is 22.3 Å². The molecule has 0 fully saturated rings. The van der Waals surface area contributed by atoms with Crippen LogP contribution < -0.4 is 5.32 Å². The van der Waals surface area contributed by atoms with Crippen molar-refractivity contribution in [3.63, 3.8) is 0 Å². The van der Waals surface area contributed by atoms with E-state index >= 15 is 0 Å². The fourth-order valence-corrected chi connectivity index (χ4v) is 2.92. The summed E-state index contributed by atoms with van der Waals surface area (Å²) < 4.78 is 0. The van der Waals surface area contributed by atoms with Crippen molar-refractivity contribution in [1.82, 2.24) is 10.2 Å². The van der Waals surface area contributed by atoms with Crippen LogP contribution in [0.3, 0.4) is 0 Å². The first-order chi connectivity index (χ1) is 10.2. The lowest BCUT2D eigenvalue weighted by atomic mass is 10.1. The molecule has 2 heteroatoms. The summed E-state index contributed by atoms with van der Waals surface area (Å²) in [5.74, 6) is 0. The number of fused-ring (bicyclic) bond motifs is 1. The highest BCUT2D eigenvalue weighted by atomic mass is 15.1. The molecule has 0 radical (unpaired) electrons. The quantitative estimate of drug-likeness (QED) is 0.898. The molecule has 0 aromatic heterocycles. The lowest BCUT2D eigenvalue weighted by molar-refractivity contribution is 0.203. The first-order valence-corrected chi connectivity index (χ1v) is 7.82. The molecule has 0 saturated heterocycles. The minimum absolute atomic E-state index is 0.539. The Bertz CT molecular complexity index is 590. The predicted molar refractivity (Wildman–Crippen MR) is 87.8 cm³/mol. The van der Waals surface area contributed by atoms with E-state index in [1.807, 2.05) is 0 Å². The summed E-state index contributed by atoms with van der Waals surface area (Å²) in [6, 6.07) is 18.2. The number of hydrogen-bond donors (Lipinski definition) is 1. The lowest BCUT2D eigenvalue weighted by Crippen LogP contribution is -2.29. The van der Waals surface area contributed by atoms with E-state index in [-0.39, 0.29) is 0 Å². The van der Waals surface area contributed by atoms with Gasteiger partial charge in [-0.25, -0.2) is 0 Å². The molecule has 0 atom stereocenters. The Morgan fingerprint density at radius 3 is 2.38 bits per heavy atom. The van der Waals surface area contributed by atoms with Crippen molar-refractivity contribution in [2.24, 2.45) is 0 Å². The molecule has 0 amide bonds. The minimum Gasteiger partial charge on any atom is -0.309 e. The van der Waals surface area contributed by atoms with E-state index in [1.54, 1.807) is 0 Å². The molecule has 1 aliphatic rings. The Kier molecular flexibility index (Phi) is 4.37. The van der Waals surface area contributed by atoms with Gasteiger partial charge in [-0.05, 0) is 36.1 Å². The van der Waals surface area contributed by atoms with Gasteiger partial charge in [-0.2, -0.15) is 0 Å². The summed E-state index contributed by atoms with van der Waals surface area (Å²) in [6.07, 6.45) is 0. The van der Waals surface area contributed by atoms with Crippen LogP contribution in [0.25, 0.3) is 0 Å². The maximum Gasteiger partial charge on any atom is 0.0240 e. The highest BCUT2D eigenvalue weighted by molar-refractivity contribution is 5.34. The highest BCUT2D eigenvalue weighted by Gasteiger charge is 2.14. The Hall–Kier alpha value is -1.64. The highest BCUT2D eigenvalue weighted by Crippen LogP contribution is 2.19. The zero-order valence-corrected chi connectivity index (χ0v) is 13.0. The number of hydrogen-bond acceptors (Lipinski definition) is 2. The molecular weight excluding hydrogens is 256 g/mol. The number of nitrogens with zero attached hydrogens (tertiary/aromatic N) is 1. The number of rotatable bonds is 5. The lowest BCUT2D eigenvalue weighted by Gasteiger charge is -2.27. The summed E-state index contributed by atoms with van der Waals surface area (Å²) >= 11 is 0. The van der Waals surface area contributed by atoms with Gasteiger partial charge in [-0.3, -0.25) is 4.90 Å². The van der Waals surface area contributed by atoms with Crippen LogP contribution in [0.15, 0.2) is 48.5 Å². The molecule has 0 aliphatic carbocycles. The number of benzene rings is 2. The first-order valence-electron chi connectivity index (χ1n) is 7.82. The van der Waals surface area contributed by atoms with Crippen molar-refractivity contribution in [2.45, 2.75) is 46.1 Å². The van der Waals surface area contributed by atoms with Gasteiger partial charge < -0.3 is 5.32 Å². The second-order valence-electron chi connectivity index (χ2n) is 6.19. The second kappa shape index (κ2) is 6.42. The van der Waals surface area contributed by atoms with Crippen LogP contribution in [-0.4, -0.2) is 10.9 Å². The molecule has 1 N–H and O–H groups in total. The first kappa shape index (κ1) is 14.3. The monoisotopic (exact) mass is 280 g/mol. The van der Waals surface area contributed by atoms with Gasteiger partial charge in [0.1, 0.15) is 0 Å². The predicted octanol–water partition coefficient (Wildman–Crippen LogP) is 3.70. The van der Waals surface area contributed by atoms with E-state index in [0.717, 1.165) is 26.2 Å². The van der Waals surface area contributed by atoms with E-state index in [9.17, 15) is 0 Å². The zero-order valence-electron chi connectivity index (χ0n) is 13.0. The summed E-state index contributed by atoms with van der Waals surface area (Å²) in [6.45, 7) is 8.61. The topological polar surface area (TPSA) is 15.3 Å². The van der Waals surface area contributed by atoms with Crippen LogP contribution in [0.4, 0.5) is 0 Å². The summed E-state index contributed by atoms with van der Waals surface area (Å²) in [4.78, 5) is 2.53.